The van der Waals surface area contributed by atoms with Gasteiger partial charge in [0.1, 0.15) is 5.82 Å². The van der Waals surface area contributed by atoms with E-state index in [2.05, 4.69) is 21.5 Å². The summed E-state index contributed by atoms with van der Waals surface area (Å²) >= 11 is 4.94. The molecule has 0 spiro atoms. The molecule has 0 unspecified atom stereocenters. The third kappa shape index (κ3) is 6.13. The van der Waals surface area contributed by atoms with Crippen molar-refractivity contribution < 1.29 is 18.8 Å². The van der Waals surface area contributed by atoms with E-state index in [4.69, 9.17) is 12.2 Å². The van der Waals surface area contributed by atoms with Crippen molar-refractivity contribution in [2.24, 2.45) is 5.92 Å². The number of halogens is 1. The van der Waals surface area contributed by atoms with Crippen LogP contribution in [0.25, 0.3) is 0 Å². The van der Waals surface area contributed by atoms with Crippen molar-refractivity contribution in [3.05, 3.63) is 65.5 Å². The van der Waals surface area contributed by atoms with Crippen LogP contribution in [0.3, 0.4) is 0 Å². The molecule has 0 aliphatic heterocycles. The number of anilines is 1. The van der Waals surface area contributed by atoms with Gasteiger partial charge in [-0.3, -0.25) is 30.6 Å². The molecule has 0 aliphatic carbocycles. The Hall–Kier alpha value is -3.33. The normalized spacial score (nSPS) is 10.1. The standard InChI is InChI=1S/C19H19FN4O3S/c1-11(2)16(25)21-15-9-5-13(6-10-15)18(27)23-24-19(28)22-17(26)12-3-7-14(20)8-4-12/h3-11H,1-2H3,(H,21,25)(H,23,27)(H2,22,24,26,28). The molecule has 28 heavy (non-hydrogen) atoms. The van der Waals surface area contributed by atoms with Gasteiger partial charge in [0.15, 0.2) is 5.11 Å². The predicted molar refractivity (Wildman–Crippen MR) is 107 cm³/mol. The highest BCUT2D eigenvalue weighted by Crippen LogP contribution is 2.11. The molecular formula is C19H19FN4O3S. The van der Waals surface area contributed by atoms with Gasteiger partial charge in [-0.05, 0) is 60.7 Å². The molecule has 0 fully saturated rings. The lowest BCUT2D eigenvalue weighted by molar-refractivity contribution is -0.118. The fourth-order valence-corrected chi connectivity index (χ4v) is 2.13. The maximum absolute atomic E-state index is 12.9. The van der Waals surface area contributed by atoms with Gasteiger partial charge in [0, 0.05) is 22.7 Å². The summed E-state index contributed by atoms with van der Waals surface area (Å²) in [5.41, 5.74) is 5.88. The highest BCUT2D eigenvalue weighted by Gasteiger charge is 2.11. The summed E-state index contributed by atoms with van der Waals surface area (Å²) in [5.74, 6) is -1.77. The molecule has 4 N–H and O–H groups in total. The molecule has 2 aromatic rings. The van der Waals surface area contributed by atoms with Crippen LogP contribution < -0.4 is 21.5 Å². The molecule has 9 heteroatoms. The Bertz CT molecular complexity index is 883. The van der Waals surface area contributed by atoms with E-state index in [0.717, 1.165) is 12.1 Å². The SMILES string of the molecule is CC(C)C(=O)Nc1ccc(C(=O)NNC(=S)NC(=O)c2ccc(F)cc2)cc1. The molecule has 146 valence electrons. The second-order valence-corrected chi connectivity index (χ2v) is 6.50. The first kappa shape index (κ1) is 21.0. The first-order valence-electron chi connectivity index (χ1n) is 8.34. The van der Waals surface area contributed by atoms with Crippen molar-refractivity contribution in [3.63, 3.8) is 0 Å². The van der Waals surface area contributed by atoms with E-state index in [-0.39, 0.29) is 22.5 Å². The number of rotatable bonds is 4. The minimum Gasteiger partial charge on any atom is -0.326 e. The van der Waals surface area contributed by atoms with Gasteiger partial charge in [-0.15, -0.1) is 0 Å². The lowest BCUT2D eigenvalue weighted by atomic mass is 10.1. The van der Waals surface area contributed by atoms with Gasteiger partial charge < -0.3 is 5.32 Å². The minimum absolute atomic E-state index is 0.122. The largest absolute Gasteiger partial charge is 0.326 e. The van der Waals surface area contributed by atoms with Crippen LogP contribution in [0.4, 0.5) is 10.1 Å². The molecule has 0 radical (unpaired) electrons. The Morgan fingerprint density at radius 2 is 1.39 bits per heavy atom. The number of thiocarbonyl (C=S) groups is 1. The zero-order chi connectivity index (χ0) is 20.7. The van der Waals surface area contributed by atoms with Crippen LogP contribution in [0.5, 0.6) is 0 Å². The molecule has 0 bridgehead atoms. The fourth-order valence-electron chi connectivity index (χ4n) is 1.99. The highest BCUT2D eigenvalue weighted by molar-refractivity contribution is 7.80. The number of carbonyl (C=O) groups is 3. The van der Waals surface area contributed by atoms with Crippen molar-refractivity contribution in [2.45, 2.75) is 13.8 Å². The second-order valence-electron chi connectivity index (χ2n) is 6.09. The molecule has 0 saturated carbocycles. The van der Waals surface area contributed by atoms with Gasteiger partial charge in [0.2, 0.25) is 5.91 Å². The highest BCUT2D eigenvalue weighted by atomic mass is 32.1. The van der Waals surface area contributed by atoms with Crippen LogP contribution >= 0.6 is 12.2 Å². The first-order chi connectivity index (χ1) is 13.3. The number of amides is 3. The van der Waals surface area contributed by atoms with Crippen LogP contribution in [0, 0.1) is 11.7 Å². The molecule has 0 saturated heterocycles. The van der Waals surface area contributed by atoms with E-state index in [1.54, 1.807) is 26.0 Å². The summed E-state index contributed by atoms with van der Waals surface area (Å²) in [6.07, 6.45) is 0. The maximum atomic E-state index is 12.9. The van der Waals surface area contributed by atoms with Gasteiger partial charge in [-0.25, -0.2) is 4.39 Å². The van der Waals surface area contributed by atoms with E-state index >= 15 is 0 Å². The van der Waals surface area contributed by atoms with Gasteiger partial charge in [-0.1, -0.05) is 13.8 Å². The molecule has 2 rings (SSSR count). The lowest BCUT2D eigenvalue weighted by Gasteiger charge is -2.11. The van der Waals surface area contributed by atoms with Crippen LogP contribution in [0.15, 0.2) is 48.5 Å². The quantitative estimate of drug-likeness (QED) is 0.465. The van der Waals surface area contributed by atoms with Crippen LogP contribution in [-0.4, -0.2) is 22.8 Å². The van der Waals surface area contributed by atoms with Crippen molar-refractivity contribution in [1.82, 2.24) is 16.2 Å². The summed E-state index contributed by atoms with van der Waals surface area (Å²) in [6, 6.07) is 11.2. The minimum atomic E-state index is -0.544. The topological polar surface area (TPSA) is 99.3 Å². The third-order valence-corrected chi connectivity index (χ3v) is 3.77. The van der Waals surface area contributed by atoms with E-state index in [1.807, 2.05) is 0 Å². The van der Waals surface area contributed by atoms with E-state index in [9.17, 15) is 18.8 Å². The van der Waals surface area contributed by atoms with Crippen molar-refractivity contribution in [3.8, 4) is 0 Å². The van der Waals surface area contributed by atoms with Crippen molar-refractivity contribution in [2.75, 3.05) is 5.32 Å². The zero-order valence-electron chi connectivity index (χ0n) is 15.2. The van der Waals surface area contributed by atoms with Crippen LogP contribution in [0.1, 0.15) is 34.6 Å². The Kier molecular flexibility index (Phi) is 7.16. The molecule has 0 aromatic heterocycles. The summed E-state index contributed by atoms with van der Waals surface area (Å²) in [7, 11) is 0. The van der Waals surface area contributed by atoms with E-state index < -0.39 is 17.6 Å². The molecular weight excluding hydrogens is 383 g/mol. The van der Waals surface area contributed by atoms with Gasteiger partial charge in [0.25, 0.3) is 11.8 Å². The number of benzene rings is 2. The molecule has 7 nitrogen and oxygen atoms in total. The number of carbonyl (C=O) groups excluding carboxylic acids is 3. The summed E-state index contributed by atoms with van der Waals surface area (Å²) in [5, 5.41) is 4.96. The molecule has 0 atom stereocenters. The summed E-state index contributed by atoms with van der Waals surface area (Å²) in [6.45, 7) is 3.56. The van der Waals surface area contributed by atoms with Gasteiger partial charge >= 0.3 is 0 Å². The van der Waals surface area contributed by atoms with Crippen molar-refractivity contribution >= 4 is 40.7 Å². The smallest absolute Gasteiger partial charge is 0.269 e. The molecule has 3 amide bonds. The average molecular weight is 402 g/mol. The monoisotopic (exact) mass is 402 g/mol. The summed E-state index contributed by atoms with van der Waals surface area (Å²) < 4.78 is 12.9. The molecule has 2 aromatic carbocycles. The Morgan fingerprint density at radius 1 is 0.857 bits per heavy atom. The fraction of sp³-hybridized carbons (Fsp3) is 0.158. The number of hydrogen-bond donors (Lipinski definition) is 4. The Balaban J connectivity index is 1.84. The maximum Gasteiger partial charge on any atom is 0.269 e. The van der Waals surface area contributed by atoms with E-state index in [1.165, 1.54) is 24.3 Å². The third-order valence-electron chi connectivity index (χ3n) is 3.56. The second kappa shape index (κ2) is 9.56. The van der Waals surface area contributed by atoms with Crippen LogP contribution in [-0.2, 0) is 4.79 Å². The Labute approximate surface area is 166 Å². The summed E-state index contributed by atoms with van der Waals surface area (Å²) in [4.78, 5) is 35.7. The number of nitrogens with one attached hydrogen (secondary N) is 4. The lowest BCUT2D eigenvalue weighted by Crippen LogP contribution is -2.48. The van der Waals surface area contributed by atoms with Crippen LogP contribution in [0.2, 0.25) is 0 Å². The van der Waals surface area contributed by atoms with Crippen molar-refractivity contribution in [1.29, 1.82) is 0 Å². The number of hydrazine groups is 1. The number of hydrogen-bond acceptors (Lipinski definition) is 4. The molecule has 0 heterocycles. The van der Waals surface area contributed by atoms with Gasteiger partial charge in [0.05, 0.1) is 0 Å². The zero-order valence-corrected chi connectivity index (χ0v) is 16.0. The predicted octanol–water partition coefficient (Wildman–Crippen LogP) is 2.37. The molecule has 0 aliphatic rings. The Morgan fingerprint density at radius 3 is 1.96 bits per heavy atom. The first-order valence-corrected chi connectivity index (χ1v) is 8.75. The average Bonchev–Trinajstić information content (AvgIpc) is 2.67. The van der Waals surface area contributed by atoms with E-state index in [0.29, 0.717) is 11.3 Å². The van der Waals surface area contributed by atoms with Gasteiger partial charge in [-0.2, -0.15) is 0 Å².